The number of aliphatic hydroxyl groups excluding tert-OH is 1. The van der Waals surface area contributed by atoms with Gasteiger partial charge in [0.2, 0.25) is 0 Å². The quantitative estimate of drug-likeness (QED) is 0.501. The molecule has 0 bridgehead atoms. The summed E-state index contributed by atoms with van der Waals surface area (Å²) in [5.41, 5.74) is 9.70. The predicted octanol–water partition coefficient (Wildman–Crippen LogP) is 1.97. The van der Waals surface area contributed by atoms with Crippen LogP contribution in [-0.4, -0.2) is 41.8 Å². The Hall–Kier alpha value is -1.55. The molecule has 0 radical (unpaired) electrons. The van der Waals surface area contributed by atoms with E-state index in [9.17, 15) is 5.11 Å². The second-order valence-corrected chi connectivity index (χ2v) is 4.66. The Bertz CT molecular complexity index is 416. The van der Waals surface area contributed by atoms with E-state index in [1.807, 2.05) is 18.2 Å². The van der Waals surface area contributed by atoms with Crippen molar-refractivity contribution in [1.29, 1.82) is 0 Å². The number of β-amino-alcohol motifs (C(OH)–C–C–N with tert-alkyl or cyclic N) is 1. The maximum Gasteiger partial charge on any atom is 0.0752 e. The number of nitrogens with zero attached hydrogens (tertiary/aromatic N) is 4. The van der Waals surface area contributed by atoms with E-state index in [1.54, 1.807) is 0 Å². The van der Waals surface area contributed by atoms with Crippen LogP contribution in [0.25, 0.3) is 10.4 Å². The van der Waals surface area contributed by atoms with Gasteiger partial charge in [-0.25, -0.2) is 0 Å². The topological polar surface area (TPSA) is 72.2 Å². The highest BCUT2D eigenvalue weighted by Crippen LogP contribution is 2.15. The molecule has 1 heterocycles. The maximum absolute atomic E-state index is 9.86. The summed E-state index contributed by atoms with van der Waals surface area (Å²) in [7, 11) is 0. The number of azide groups is 1. The fraction of sp³-hybridized carbons (Fsp3) is 0.538. The summed E-state index contributed by atoms with van der Waals surface area (Å²) in [6.07, 6.45) is 1.19. The number of benzene rings is 1. The minimum atomic E-state index is -0.537. The van der Waals surface area contributed by atoms with Crippen LogP contribution in [0.1, 0.15) is 12.0 Å². The van der Waals surface area contributed by atoms with Crippen molar-refractivity contribution in [2.75, 3.05) is 19.6 Å². The highest BCUT2D eigenvalue weighted by Gasteiger charge is 2.26. The van der Waals surface area contributed by atoms with Gasteiger partial charge in [0.25, 0.3) is 0 Å². The predicted molar refractivity (Wildman–Crippen MR) is 70.1 cm³/mol. The molecule has 2 unspecified atom stereocenters. The van der Waals surface area contributed by atoms with E-state index in [0.717, 1.165) is 25.9 Å². The molecule has 1 N–H and O–H groups in total. The highest BCUT2D eigenvalue weighted by atomic mass is 16.3. The number of piperidine rings is 1. The van der Waals surface area contributed by atoms with Gasteiger partial charge in [-0.15, -0.1) is 0 Å². The Morgan fingerprint density at radius 2 is 2.17 bits per heavy atom. The van der Waals surface area contributed by atoms with Gasteiger partial charge in [-0.05, 0) is 30.5 Å². The molecule has 96 valence electrons. The van der Waals surface area contributed by atoms with Gasteiger partial charge in [0, 0.05) is 18.0 Å². The Morgan fingerprint density at radius 1 is 1.39 bits per heavy atom. The van der Waals surface area contributed by atoms with E-state index in [1.165, 1.54) is 5.56 Å². The van der Waals surface area contributed by atoms with Crippen molar-refractivity contribution in [3.05, 3.63) is 46.3 Å². The molecular weight excluding hydrogens is 228 g/mol. The lowest BCUT2D eigenvalue weighted by molar-refractivity contribution is 0.0543. The molecule has 2 atom stereocenters. The van der Waals surface area contributed by atoms with Crippen LogP contribution >= 0.6 is 0 Å². The van der Waals surface area contributed by atoms with E-state index in [0.29, 0.717) is 6.54 Å². The van der Waals surface area contributed by atoms with Crippen LogP contribution in [0, 0.1) is 0 Å². The first-order valence-corrected chi connectivity index (χ1v) is 6.28. The molecular formula is C13H18N4O. The number of hydrogen-bond acceptors (Lipinski definition) is 3. The van der Waals surface area contributed by atoms with Crippen LogP contribution in [0.15, 0.2) is 35.4 Å². The smallest absolute Gasteiger partial charge is 0.0752 e. The third-order valence-corrected chi connectivity index (χ3v) is 3.39. The summed E-state index contributed by atoms with van der Waals surface area (Å²) in [4.78, 5) is 5.00. The summed E-state index contributed by atoms with van der Waals surface area (Å²) in [6, 6.07) is 10.1. The Labute approximate surface area is 107 Å². The SMILES string of the molecule is [N-]=[N+]=NC1CCN(CCc2ccccc2)CC1O. The van der Waals surface area contributed by atoms with Gasteiger partial charge in [-0.3, -0.25) is 0 Å². The normalized spacial score (nSPS) is 24.5. The average molecular weight is 246 g/mol. The monoisotopic (exact) mass is 246 g/mol. The first-order valence-electron chi connectivity index (χ1n) is 6.28. The third kappa shape index (κ3) is 3.47. The minimum Gasteiger partial charge on any atom is -0.391 e. The van der Waals surface area contributed by atoms with Crippen molar-refractivity contribution in [3.63, 3.8) is 0 Å². The lowest BCUT2D eigenvalue weighted by Crippen LogP contribution is -2.46. The molecule has 1 aliphatic heterocycles. The average Bonchev–Trinajstić information content (AvgIpc) is 2.41. The van der Waals surface area contributed by atoms with E-state index in [2.05, 4.69) is 27.1 Å². The van der Waals surface area contributed by atoms with E-state index >= 15 is 0 Å². The lowest BCUT2D eigenvalue weighted by atomic mass is 10.0. The molecule has 2 rings (SSSR count). The van der Waals surface area contributed by atoms with Crippen LogP contribution in [0.5, 0.6) is 0 Å². The molecule has 1 aromatic rings. The number of aliphatic hydroxyl groups is 1. The van der Waals surface area contributed by atoms with Crippen LogP contribution in [0.2, 0.25) is 0 Å². The molecule has 0 aromatic heterocycles. The van der Waals surface area contributed by atoms with Gasteiger partial charge in [-0.1, -0.05) is 35.4 Å². The molecule has 1 aliphatic rings. The Kier molecular flexibility index (Phi) is 4.59. The van der Waals surface area contributed by atoms with Crippen molar-refractivity contribution in [2.45, 2.75) is 25.0 Å². The zero-order valence-corrected chi connectivity index (χ0v) is 10.3. The first kappa shape index (κ1) is 12.9. The number of rotatable bonds is 4. The zero-order chi connectivity index (χ0) is 12.8. The minimum absolute atomic E-state index is 0.261. The molecule has 1 fully saturated rings. The Morgan fingerprint density at radius 3 is 2.83 bits per heavy atom. The summed E-state index contributed by atoms with van der Waals surface area (Å²) >= 11 is 0. The fourth-order valence-electron chi connectivity index (χ4n) is 2.32. The second kappa shape index (κ2) is 6.40. The number of likely N-dealkylation sites (tertiary alicyclic amines) is 1. The molecule has 0 spiro atoms. The van der Waals surface area contributed by atoms with Crippen LogP contribution in [0.3, 0.4) is 0 Å². The summed E-state index contributed by atoms with van der Waals surface area (Å²) in [5.74, 6) is 0. The van der Waals surface area contributed by atoms with Gasteiger partial charge >= 0.3 is 0 Å². The van der Waals surface area contributed by atoms with Crippen LogP contribution in [-0.2, 0) is 6.42 Å². The largest absolute Gasteiger partial charge is 0.391 e. The summed E-state index contributed by atoms with van der Waals surface area (Å²) in [6.45, 7) is 2.41. The summed E-state index contributed by atoms with van der Waals surface area (Å²) in [5, 5.41) is 13.5. The van der Waals surface area contributed by atoms with E-state index in [-0.39, 0.29) is 6.04 Å². The molecule has 5 heteroatoms. The van der Waals surface area contributed by atoms with Gasteiger partial charge in [0.1, 0.15) is 0 Å². The molecule has 0 saturated carbocycles. The maximum atomic E-state index is 9.86. The van der Waals surface area contributed by atoms with Crippen molar-refractivity contribution < 1.29 is 5.11 Å². The third-order valence-electron chi connectivity index (χ3n) is 3.39. The highest BCUT2D eigenvalue weighted by molar-refractivity contribution is 5.14. The van der Waals surface area contributed by atoms with E-state index in [4.69, 9.17) is 5.53 Å². The number of hydrogen-bond donors (Lipinski definition) is 1. The van der Waals surface area contributed by atoms with Gasteiger partial charge in [-0.2, -0.15) is 0 Å². The van der Waals surface area contributed by atoms with Crippen LogP contribution < -0.4 is 0 Å². The molecule has 18 heavy (non-hydrogen) atoms. The lowest BCUT2D eigenvalue weighted by Gasteiger charge is -2.33. The first-order chi connectivity index (χ1) is 8.79. The molecule has 5 nitrogen and oxygen atoms in total. The standard InChI is InChI=1S/C13H18N4O/c14-16-15-12-7-9-17(10-13(12)18)8-6-11-4-2-1-3-5-11/h1-5,12-13,18H,6-10H2. The van der Waals surface area contributed by atoms with Crippen LogP contribution in [0.4, 0.5) is 0 Å². The molecule has 0 amide bonds. The fourth-order valence-corrected chi connectivity index (χ4v) is 2.32. The van der Waals surface area contributed by atoms with Crippen molar-refractivity contribution in [3.8, 4) is 0 Å². The molecule has 1 aromatic carbocycles. The van der Waals surface area contributed by atoms with Crippen molar-refractivity contribution in [1.82, 2.24) is 4.90 Å². The molecule has 1 saturated heterocycles. The summed E-state index contributed by atoms with van der Waals surface area (Å²) < 4.78 is 0. The second-order valence-electron chi connectivity index (χ2n) is 4.66. The zero-order valence-electron chi connectivity index (χ0n) is 10.3. The van der Waals surface area contributed by atoms with Gasteiger partial charge in [0.15, 0.2) is 0 Å². The van der Waals surface area contributed by atoms with Gasteiger partial charge in [0.05, 0.1) is 12.1 Å². The van der Waals surface area contributed by atoms with Gasteiger partial charge < -0.3 is 10.0 Å². The van der Waals surface area contributed by atoms with Crippen molar-refractivity contribution >= 4 is 0 Å². The van der Waals surface area contributed by atoms with Crippen molar-refractivity contribution in [2.24, 2.45) is 5.11 Å². The molecule has 0 aliphatic carbocycles. The Balaban J connectivity index is 1.81. The van der Waals surface area contributed by atoms with E-state index < -0.39 is 6.10 Å².